The molecule has 0 spiro atoms. The fourth-order valence-electron chi connectivity index (χ4n) is 9.27. The lowest BCUT2D eigenvalue weighted by molar-refractivity contribution is -0.0435. The van der Waals surface area contributed by atoms with Gasteiger partial charge >= 0.3 is 5.51 Å². The second kappa shape index (κ2) is 21.9. The van der Waals surface area contributed by atoms with Crippen molar-refractivity contribution in [2.45, 2.75) is 63.4 Å². The minimum absolute atomic E-state index is 0.0721. The Bertz CT molecular complexity index is 3280. The van der Waals surface area contributed by atoms with Gasteiger partial charge in [-0.05, 0) is 122 Å². The monoisotopic (exact) mass is 1100 g/mol. The van der Waals surface area contributed by atoms with Crippen molar-refractivity contribution in [3.8, 4) is 22.4 Å². The quantitative estimate of drug-likeness (QED) is 0.0587. The number of piperazine rings is 1. The van der Waals surface area contributed by atoms with E-state index < -0.39 is 63.0 Å². The minimum atomic E-state index is -6.05. The second-order valence-corrected chi connectivity index (χ2v) is 25.3. The van der Waals surface area contributed by atoms with Gasteiger partial charge in [0.05, 0.1) is 27.3 Å². The number of hydrogen-bond acceptors (Lipinski definition) is 12. The lowest BCUT2D eigenvalue weighted by Gasteiger charge is -2.37. The van der Waals surface area contributed by atoms with Crippen LogP contribution in [0.3, 0.4) is 0 Å². The molecule has 22 heteroatoms. The number of rotatable bonds is 17. The molecule has 3 N–H and O–H groups in total. The summed E-state index contributed by atoms with van der Waals surface area (Å²) < 4.78 is 143. The van der Waals surface area contributed by atoms with Crippen molar-refractivity contribution >= 4 is 75.8 Å². The predicted molar refractivity (Wildman–Crippen MR) is 281 cm³/mol. The SMILES string of the molecule is Cc1c(S(C)(=O)=O)c(-c2cc(F)cc(N3CCN(c4ccc(NS(=O)(=O)c5ccc(N[C@H](CCN6CCC(O)CC6)CSc6ccccc6)c(S(=O)(=O)C(F)(F)F)c5)cc4)CC3)c2)c(-c2ccc(Cl)cc2)n1C. The molecule has 0 amide bonds. The van der Waals surface area contributed by atoms with Gasteiger partial charge in [-0.2, -0.15) is 13.2 Å². The molecule has 390 valence electrons. The Balaban J connectivity index is 0.976. The van der Waals surface area contributed by atoms with E-state index >= 15 is 4.39 Å². The molecule has 8 rings (SSSR count). The number of halogens is 5. The van der Waals surface area contributed by atoms with Crippen LogP contribution in [0.4, 0.5) is 40.3 Å². The fraction of sp³-hybridized carbons (Fsp3) is 0.333. The maximum Gasteiger partial charge on any atom is 0.501 e. The van der Waals surface area contributed by atoms with Gasteiger partial charge in [-0.15, -0.1) is 11.8 Å². The standard InChI is InChI=1S/C51H55ClF4N6O7S4/c1-34-50(71(3,64)65)48(49(59(34)2)35-9-11-37(52)12-10-35)36-29-38(53)31-42(30-36)62-27-25-61(26-28-62)41-15-13-39(14-16-41)58-73(68,69)45-17-18-46(47(32-45)72(66,67)51(54,55)56)57-40(33-70-44-7-5-4-6-8-44)19-22-60-23-20-43(63)21-24-60/h4-18,29-32,40,43,57-58,63H,19-28,33H2,1-3H3/t40-/m1/s1. The van der Waals surface area contributed by atoms with E-state index in [1.165, 1.54) is 36.0 Å². The highest BCUT2D eigenvalue weighted by atomic mass is 35.5. The number of aliphatic hydroxyl groups is 1. The van der Waals surface area contributed by atoms with Gasteiger partial charge < -0.3 is 29.7 Å². The topological polar surface area (TPSA) is 161 Å². The average Bonchev–Trinajstić information content (AvgIpc) is 3.62. The van der Waals surface area contributed by atoms with Gasteiger partial charge in [0.15, 0.2) is 9.84 Å². The highest BCUT2D eigenvalue weighted by Crippen LogP contribution is 2.43. The lowest BCUT2D eigenvalue weighted by atomic mass is 10.00. The van der Waals surface area contributed by atoms with Gasteiger partial charge in [0.1, 0.15) is 10.7 Å². The number of aliphatic hydroxyl groups excluding tert-OH is 1. The summed E-state index contributed by atoms with van der Waals surface area (Å²) in [7, 11) is -12.7. The molecular formula is C51H55ClF4N6O7S4. The molecule has 13 nitrogen and oxygen atoms in total. The molecule has 2 fully saturated rings. The summed E-state index contributed by atoms with van der Waals surface area (Å²) in [5.74, 6) is -0.198. The number of nitrogens with one attached hydrogen (secondary N) is 2. The maximum absolute atomic E-state index is 15.6. The molecule has 0 unspecified atom stereocenters. The highest BCUT2D eigenvalue weighted by Gasteiger charge is 2.48. The number of piperidine rings is 1. The average molecular weight is 1100 g/mol. The van der Waals surface area contributed by atoms with Crippen molar-refractivity contribution in [2.75, 3.05) is 77.7 Å². The van der Waals surface area contributed by atoms with E-state index in [0.29, 0.717) is 116 Å². The number of anilines is 4. The van der Waals surface area contributed by atoms with E-state index in [0.717, 1.165) is 29.0 Å². The molecule has 1 aromatic heterocycles. The van der Waals surface area contributed by atoms with Gasteiger partial charge in [0.2, 0.25) is 0 Å². The van der Waals surface area contributed by atoms with Crippen molar-refractivity contribution in [3.05, 3.63) is 132 Å². The van der Waals surface area contributed by atoms with E-state index in [1.54, 1.807) is 61.0 Å². The van der Waals surface area contributed by atoms with Crippen molar-refractivity contribution in [2.24, 2.45) is 7.05 Å². The molecule has 5 aromatic carbocycles. The zero-order chi connectivity index (χ0) is 52.5. The Morgan fingerprint density at radius 1 is 0.781 bits per heavy atom. The number of nitrogens with zero attached hydrogens (tertiary/aromatic N) is 4. The van der Waals surface area contributed by atoms with Gasteiger partial charge in [0.25, 0.3) is 19.9 Å². The molecule has 0 bridgehead atoms. The summed E-state index contributed by atoms with van der Waals surface area (Å²) in [4.78, 5) is 5.24. The highest BCUT2D eigenvalue weighted by molar-refractivity contribution is 7.99. The lowest BCUT2D eigenvalue weighted by Crippen LogP contribution is -2.46. The second-order valence-electron chi connectivity index (χ2n) is 18.2. The van der Waals surface area contributed by atoms with Crippen LogP contribution in [0.25, 0.3) is 22.4 Å². The third-order valence-corrected chi connectivity index (χ3v) is 18.8. The normalized spacial score (nSPS) is 15.9. The molecule has 1 atom stereocenters. The largest absolute Gasteiger partial charge is 0.501 e. The molecule has 73 heavy (non-hydrogen) atoms. The number of sulfonamides is 1. The van der Waals surface area contributed by atoms with Crippen LogP contribution in [-0.4, -0.2) is 115 Å². The Morgan fingerprint density at radius 2 is 1.41 bits per heavy atom. The number of alkyl halides is 3. The number of thioether (sulfide) groups is 1. The van der Waals surface area contributed by atoms with Crippen LogP contribution < -0.4 is 19.8 Å². The smallest absolute Gasteiger partial charge is 0.393 e. The van der Waals surface area contributed by atoms with E-state index in [9.17, 15) is 43.5 Å². The molecule has 2 saturated heterocycles. The first-order valence-corrected chi connectivity index (χ1v) is 29.6. The number of benzene rings is 5. The summed E-state index contributed by atoms with van der Waals surface area (Å²) in [6.45, 7) is 5.33. The first-order valence-electron chi connectivity index (χ1n) is 23.4. The zero-order valence-electron chi connectivity index (χ0n) is 40.1. The van der Waals surface area contributed by atoms with Crippen molar-refractivity contribution in [1.29, 1.82) is 0 Å². The molecule has 6 aromatic rings. The number of aromatic nitrogens is 1. The third-order valence-electron chi connectivity index (χ3n) is 13.2. The van der Waals surface area contributed by atoms with Gasteiger partial charge in [-0.3, -0.25) is 4.72 Å². The molecule has 2 aliphatic rings. The van der Waals surface area contributed by atoms with E-state index in [-0.39, 0.29) is 16.3 Å². The third kappa shape index (κ3) is 12.5. The molecule has 3 heterocycles. The summed E-state index contributed by atoms with van der Waals surface area (Å²) >= 11 is 7.62. The van der Waals surface area contributed by atoms with Gasteiger partial charge in [-0.25, -0.2) is 29.6 Å². The van der Waals surface area contributed by atoms with E-state index in [2.05, 4.69) is 14.9 Å². The summed E-state index contributed by atoms with van der Waals surface area (Å²) in [5.41, 5.74) is -2.23. The zero-order valence-corrected chi connectivity index (χ0v) is 44.1. The number of hydrogen-bond donors (Lipinski definition) is 3. The van der Waals surface area contributed by atoms with Crippen LogP contribution in [0.15, 0.2) is 135 Å². The Hall–Kier alpha value is -5.29. The van der Waals surface area contributed by atoms with Crippen LogP contribution in [-0.2, 0) is 36.7 Å². The molecule has 2 aliphatic heterocycles. The van der Waals surface area contributed by atoms with E-state index in [1.807, 2.05) is 40.1 Å². The van der Waals surface area contributed by atoms with Crippen molar-refractivity contribution < 1.29 is 47.9 Å². The molecular weight excluding hydrogens is 1050 g/mol. The Kier molecular flexibility index (Phi) is 16.2. The number of likely N-dealkylation sites (tertiary alicyclic amines) is 1. The summed E-state index contributed by atoms with van der Waals surface area (Å²) in [6.07, 6.45) is 2.32. The maximum atomic E-state index is 15.6. The van der Waals surface area contributed by atoms with Crippen LogP contribution >= 0.6 is 23.4 Å². The minimum Gasteiger partial charge on any atom is -0.393 e. The predicted octanol–water partition coefficient (Wildman–Crippen LogP) is 9.70. The van der Waals surface area contributed by atoms with Gasteiger partial charge in [0, 0.05) is 109 Å². The Labute approximate surface area is 433 Å². The van der Waals surface area contributed by atoms with Crippen LogP contribution in [0, 0.1) is 12.7 Å². The summed E-state index contributed by atoms with van der Waals surface area (Å²) in [5, 5.41) is 13.5. The van der Waals surface area contributed by atoms with Crippen LogP contribution in [0.1, 0.15) is 25.0 Å². The van der Waals surface area contributed by atoms with Crippen molar-refractivity contribution in [3.63, 3.8) is 0 Å². The van der Waals surface area contributed by atoms with Crippen LogP contribution in [0.2, 0.25) is 5.02 Å². The van der Waals surface area contributed by atoms with Gasteiger partial charge in [-0.1, -0.05) is 41.9 Å². The molecule has 0 saturated carbocycles. The molecule has 0 radical (unpaired) electrons. The first-order chi connectivity index (χ1) is 34.5. The first kappa shape index (κ1) is 54.0. The molecule has 0 aliphatic carbocycles. The fourth-order valence-corrected chi connectivity index (χ4v) is 13.8. The van der Waals surface area contributed by atoms with Crippen LogP contribution in [0.5, 0.6) is 0 Å². The van der Waals surface area contributed by atoms with Crippen molar-refractivity contribution in [1.82, 2.24) is 9.47 Å². The van der Waals surface area contributed by atoms with E-state index in [4.69, 9.17) is 11.6 Å². The Morgan fingerprint density at radius 3 is 2.03 bits per heavy atom. The summed E-state index contributed by atoms with van der Waals surface area (Å²) in [6, 6.07) is 29.2. The number of sulfone groups is 2.